The standard InChI is InChI=1S/C21H20N2O2/c1-15-8-7-9-16(14-15)22-21(24)17-10-3-4-11-18(17)23-19-12-5-6-13-20(19)25-2/h3-14,23H,1-2H3,(H,22,24). The van der Waals surface area contributed by atoms with E-state index in [4.69, 9.17) is 4.74 Å². The van der Waals surface area contributed by atoms with Crippen LogP contribution in [0.3, 0.4) is 0 Å². The minimum atomic E-state index is -0.163. The molecule has 0 radical (unpaired) electrons. The van der Waals surface area contributed by atoms with Crippen molar-refractivity contribution in [2.24, 2.45) is 0 Å². The number of hydrogen-bond acceptors (Lipinski definition) is 3. The fourth-order valence-corrected chi connectivity index (χ4v) is 2.60. The molecule has 0 spiro atoms. The maximum atomic E-state index is 12.7. The number of rotatable bonds is 5. The molecule has 0 fully saturated rings. The second-order valence-electron chi connectivity index (χ2n) is 5.69. The van der Waals surface area contributed by atoms with E-state index in [0.29, 0.717) is 5.56 Å². The number of anilines is 3. The van der Waals surface area contributed by atoms with Gasteiger partial charge in [-0.15, -0.1) is 0 Å². The average Bonchev–Trinajstić information content (AvgIpc) is 2.62. The smallest absolute Gasteiger partial charge is 0.257 e. The molecule has 1 amide bonds. The highest BCUT2D eigenvalue weighted by molar-refractivity contribution is 6.08. The van der Waals surface area contributed by atoms with Crippen molar-refractivity contribution in [1.82, 2.24) is 0 Å². The lowest BCUT2D eigenvalue weighted by atomic mass is 10.1. The Kier molecular flexibility index (Phi) is 5.00. The van der Waals surface area contributed by atoms with Crippen molar-refractivity contribution in [2.45, 2.75) is 6.92 Å². The number of ether oxygens (including phenoxy) is 1. The normalized spacial score (nSPS) is 10.2. The van der Waals surface area contributed by atoms with Gasteiger partial charge in [0, 0.05) is 5.69 Å². The van der Waals surface area contributed by atoms with Crippen molar-refractivity contribution in [3.05, 3.63) is 83.9 Å². The first kappa shape index (κ1) is 16.6. The topological polar surface area (TPSA) is 50.4 Å². The van der Waals surface area contributed by atoms with Crippen LogP contribution in [0.1, 0.15) is 15.9 Å². The Morgan fingerprint density at radius 3 is 2.36 bits per heavy atom. The third-order valence-corrected chi connectivity index (χ3v) is 3.82. The summed E-state index contributed by atoms with van der Waals surface area (Å²) in [6, 6.07) is 22.7. The first-order valence-electron chi connectivity index (χ1n) is 8.04. The van der Waals surface area contributed by atoms with E-state index >= 15 is 0 Å². The van der Waals surface area contributed by atoms with E-state index in [0.717, 1.165) is 28.4 Å². The van der Waals surface area contributed by atoms with E-state index in [1.54, 1.807) is 13.2 Å². The molecule has 3 rings (SSSR count). The first-order valence-corrected chi connectivity index (χ1v) is 8.04. The Labute approximate surface area is 147 Å². The van der Waals surface area contributed by atoms with Crippen LogP contribution >= 0.6 is 0 Å². The number of carbonyl (C=O) groups excluding carboxylic acids is 1. The van der Waals surface area contributed by atoms with Gasteiger partial charge >= 0.3 is 0 Å². The first-order chi connectivity index (χ1) is 12.2. The zero-order chi connectivity index (χ0) is 17.6. The van der Waals surface area contributed by atoms with E-state index in [1.807, 2.05) is 73.7 Å². The predicted molar refractivity (Wildman–Crippen MR) is 102 cm³/mol. The number of aryl methyl sites for hydroxylation is 1. The highest BCUT2D eigenvalue weighted by atomic mass is 16.5. The van der Waals surface area contributed by atoms with Gasteiger partial charge < -0.3 is 15.4 Å². The number of para-hydroxylation sites is 3. The van der Waals surface area contributed by atoms with Gasteiger partial charge in [-0.25, -0.2) is 0 Å². The van der Waals surface area contributed by atoms with Crippen LogP contribution in [0, 0.1) is 6.92 Å². The summed E-state index contributed by atoms with van der Waals surface area (Å²) in [6.07, 6.45) is 0. The zero-order valence-corrected chi connectivity index (χ0v) is 14.2. The molecule has 0 aliphatic carbocycles. The Morgan fingerprint density at radius 2 is 1.60 bits per heavy atom. The monoisotopic (exact) mass is 332 g/mol. The van der Waals surface area contributed by atoms with Gasteiger partial charge in [0.05, 0.1) is 24.0 Å². The van der Waals surface area contributed by atoms with Gasteiger partial charge in [0.15, 0.2) is 0 Å². The molecule has 3 aromatic carbocycles. The number of nitrogens with one attached hydrogen (secondary N) is 2. The molecule has 2 N–H and O–H groups in total. The molecule has 0 aliphatic heterocycles. The minimum absolute atomic E-state index is 0.163. The largest absolute Gasteiger partial charge is 0.495 e. The van der Waals surface area contributed by atoms with E-state index < -0.39 is 0 Å². The van der Waals surface area contributed by atoms with Crippen LogP contribution in [0.15, 0.2) is 72.8 Å². The van der Waals surface area contributed by atoms with Crippen LogP contribution in [0.2, 0.25) is 0 Å². The van der Waals surface area contributed by atoms with Crippen molar-refractivity contribution in [2.75, 3.05) is 17.7 Å². The number of amides is 1. The van der Waals surface area contributed by atoms with Crippen molar-refractivity contribution < 1.29 is 9.53 Å². The Balaban J connectivity index is 1.86. The number of carbonyl (C=O) groups is 1. The van der Waals surface area contributed by atoms with Gasteiger partial charge in [0.25, 0.3) is 5.91 Å². The summed E-state index contributed by atoms with van der Waals surface area (Å²) >= 11 is 0. The Morgan fingerprint density at radius 1 is 0.880 bits per heavy atom. The van der Waals surface area contributed by atoms with Crippen molar-refractivity contribution >= 4 is 23.0 Å². The summed E-state index contributed by atoms with van der Waals surface area (Å²) in [5, 5.41) is 6.23. The van der Waals surface area contributed by atoms with Crippen molar-refractivity contribution in [1.29, 1.82) is 0 Å². The molecule has 3 aromatic rings. The molecule has 0 unspecified atom stereocenters. The van der Waals surface area contributed by atoms with Crippen LogP contribution in [-0.4, -0.2) is 13.0 Å². The molecule has 0 aliphatic rings. The number of hydrogen-bond donors (Lipinski definition) is 2. The maximum absolute atomic E-state index is 12.7. The van der Waals surface area contributed by atoms with Crippen LogP contribution < -0.4 is 15.4 Å². The van der Waals surface area contributed by atoms with Gasteiger partial charge in [-0.3, -0.25) is 4.79 Å². The molecule has 0 aromatic heterocycles. The molecule has 4 nitrogen and oxygen atoms in total. The van der Waals surface area contributed by atoms with E-state index in [1.165, 1.54) is 0 Å². The fraction of sp³-hybridized carbons (Fsp3) is 0.0952. The second-order valence-corrected chi connectivity index (χ2v) is 5.69. The molecule has 4 heteroatoms. The van der Waals surface area contributed by atoms with Gasteiger partial charge in [-0.1, -0.05) is 36.4 Å². The molecule has 0 atom stereocenters. The summed E-state index contributed by atoms with van der Waals surface area (Å²) < 4.78 is 5.36. The van der Waals surface area contributed by atoms with Crippen molar-refractivity contribution in [3.8, 4) is 5.75 Å². The van der Waals surface area contributed by atoms with E-state index in [2.05, 4.69) is 10.6 Å². The molecule has 0 bridgehead atoms. The Bertz CT molecular complexity index is 890. The summed E-state index contributed by atoms with van der Waals surface area (Å²) in [4.78, 5) is 12.7. The minimum Gasteiger partial charge on any atom is -0.495 e. The van der Waals surface area contributed by atoms with Crippen LogP contribution in [0.5, 0.6) is 5.75 Å². The molecule has 25 heavy (non-hydrogen) atoms. The molecule has 0 saturated carbocycles. The molecule has 0 saturated heterocycles. The van der Waals surface area contributed by atoms with Gasteiger partial charge in [0.1, 0.15) is 5.75 Å². The lowest BCUT2D eigenvalue weighted by molar-refractivity contribution is 0.102. The highest BCUT2D eigenvalue weighted by Gasteiger charge is 2.12. The lowest BCUT2D eigenvalue weighted by Crippen LogP contribution is -2.14. The van der Waals surface area contributed by atoms with Crippen LogP contribution in [0.4, 0.5) is 17.1 Å². The fourth-order valence-electron chi connectivity index (χ4n) is 2.60. The summed E-state index contributed by atoms with van der Waals surface area (Å²) in [5.74, 6) is 0.556. The zero-order valence-electron chi connectivity index (χ0n) is 14.2. The summed E-state index contributed by atoms with van der Waals surface area (Å²) in [7, 11) is 1.62. The van der Waals surface area contributed by atoms with Crippen LogP contribution in [0.25, 0.3) is 0 Å². The third kappa shape index (κ3) is 3.98. The Hall–Kier alpha value is -3.27. The molecule has 126 valence electrons. The van der Waals surface area contributed by atoms with Gasteiger partial charge in [-0.2, -0.15) is 0 Å². The number of methoxy groups -OCH3 is 1. The van der Waals surface area contributed by atoms with E-state index in [9.17, 15) is 4.79 Å². The maximum Gasteiger partial charge on any atom is 0.257 e. The molecular formula is C21H20N2O2. The molecule has 0 heterocycles. The predicted octanol–water partition coefficient (Wildman–Crippen LogP) is 5.00. The van der Waals surface area contributed by atoms with Gasteiger partial charge in [-0.05, 0) is 48.9 Å². The van der Waals surface area contributed by atoms with Crippen molar-refractivity contribution in [3.63, 3.8) is 0 Å². The third-order valence-electron chi connectivity index (χ3n) is 3.82. The SMILES string of the molecule is COc1ccccc1Nc1ccccc1C(=O)Nc1cccc(C)c1. The summed E-state index contributed by atoms with van der Waals surface area (Å²) in [5.41, 5.74) is 3.96. The lowest BCUT2D eigenvalue weighted by Gasteiger charge is -2.14. The molecular weight excluding hydrogens is 312 g/mol. The summed E-state index contributed by atoms with van der Waals surface area (Å²) in [6.45, 7) is 1.99. The number of benzene rings is 3. The highest BCUT2D eigenvalue weighted by Crippen LogP contribution is 2.29. The second kappa shape index (κ2) is 7.53. The van der Waals surface area contributed by atoms with E-state index in [-0.39, 0.29) is 5.91 Å². The average molecular weight is 332 g/mol. The van der Waals surface area contributed by atoms with Crippen LogP contribution in [-0.2, 0) is 0 Å². The van der Waals surface area contributed by atoms with Gasteiger partial charge in [0.2, 0.25) is 0 Å². The quantitative estimate of drug-likeness (QED) is 0.691.